The Kier molecular flexibility index (Phi) is 4.54. The van der Waals surface area contributed by atoms with Crippen LogP contribution in [0.25, 0.3) is 0 Å². The maximum absolute atomic E-state index is 11.8. The summed E-state index contributed by atoms with van der Waals surface area (Å²) < 4.78 is 26.0. The number of amides is 2. The highest BCUT2D eigenvalue weighted by Gasteiger charge is 2.19. The number of carbonyl (C=O) groups excluding carboxylic acids is 1. The molecule has 0 unspecified atom stereocenters. The molecule has 1 aromatic carbocycles. The normalized spacial score (nSPS) is 10.9. The van der Waals surface area contributed by atoms with E-state index in [9.17, 15) is 13.2 Å². The van der Waals surface area contributed by atoms with Gasteiger partial charge in [-0.05, 0) is 41.6 Å². The SMILES string of the molecule is CCNC(=O)NS(=O)(=O)c1ccccc1I. The van der Waals surface area contributed by atoms with Crippen molar-refractivity contribution >= 4 is 38.6 Å². The molecule has 0 bridgehead atoms. The maximum Gasteiger partial charge on any atom is 0.328 e. The molecular formula is C9H11IN2O3S. The topological polar surface area (TPSA) is 75.3 Å². The molecule has 0 aliphatic rings. The van der Waals surface area contributed by atoms with Crippen LogP contribution in [0, 0.1) is 3.57 Å². The van der Waals surface area contributed by atoms with Crippen molar-refractivity contribution in [2.45, 2.75) is 11.8 Å². The lowest BCUT2D eigenvalue weighted by Gasteiger charge is -2.08. The van der Waals surface area contributed by atoms with Crippen LogP contribution >= 0.6 is 22.6 Å². The first kappa shape index (κ1) is 13.2. The van der Waals surface area contributed by atoms with Crippen LogP contribution in [-0.4, -0.2) is 21.0 Å². The Morgan fingerprint density at radius 1 is 1.38 bits per heavy atom. The van der Waals surface area contributed by atoms with Crippen molar-refractivity contribution in [2.75, 3.05) is 6.54 Å². The van der Waals surface area contributed by atoms with Gasteiger partial charge in [-0.15, -0.1) is 0 Å². The van der Waals surface area contributed by atoms with Crippen molar-refractivity contribution in [1.29, 1.82) is 0 Å². The van der Waals surface area contributed by atoms with E-state index in [1.807, 2.05) is 27.3 Å². The predicted octanol–water partition coefficient (Wildman–Crippen LogP) is 1.30. The second kappa shape index (κ2) is 5.48. The average Bonchev–Trinajstić information content (AvgIpc) is 2.17. The van der Waals surface area contributed by atoms with E-state index in [-0.39, 0.29) is 4.90 Å². The fraction of sp³-hybridized carbons (Fsp3) is 0.222. The van der Waals surface area contributed by atoms with Crippen molar-refractivity contribution < 1.29 is 13.2 Å². The second-order valence-corrected chi connectivity index (χ2v) is 5.71. The van der Waals surface area contributed by atoms with E-state index in [1.165, 1.54) is 6.07 Å². The quantitative estimate of drug-likeness (QED) is 0.804. The summed E-state index contributed by atoms with van der Waals surface area (Å²) in [6.07, 6.45) is 0. The molecule has 0 saturated carbocycles. The third-order valence-corrected chi connectivity index (χ3v) is 4.39. The van der Waals surface area contributed by atoms with Gasteiger partial charge in [-0.3, -0.25) is 0 Å². The monoisotopic (exact) mass is 354 g/mol. The molecule has 16 heavy (non-hydrogen) atoms. The number of nitrogens with one attached hydrogen (secondary N) is 2. The fourth-order valence-electron chi connectivity index (χ4n) is 1.04. The lowest BCUT2D eigenvalue weighted by molar-refractivity contribution is 0.246. The van der Waals surface area contributed by atoms with E-state index in [1.54, 1.807) is 25.1 Å². The van der Waals surface area contributed by atoms with Crippen LogP contribution in [0.4, 0.5) is 4.79 Å². The van der Waals surface area contributed by atoms with Crippen LogP contribution in [0.5, 0.6) is 0 Å². The molecule has 0 aliphatic heterocycles. The van der Waals surface area contributed by atoms with Gasteiger partial charge in [0.1, 0.15) is 4.90 Å². The lowest BCUT2D eigenvalue weighted by Crippen LogP contribution is -2.39. The molecule has 0 radical (unpaired) electrons. The minimum atomic E-state index is -3.78. The lowest BCUT2D eigenvalue weighted by atomic mass is 10.4. The highest BCUT2D eigenvalue weighted by molar-refractivity contribution is 14.1. The summed E-state index contributed by atoms with van der Waals surface area (Å²) in [6, 6.07) is 5.72. The molecule has 5 nitrogen and oxygen atoms in total. The van der Waals surface area contributed by atoms with Crippen molar-refractivity contribution in [3.8, 4) is 0 Å². The van der Waals surface area contributed by atoms with Crippen molar-refractivity contribution in [1.82, 2.24) is 10.0 Å². The molecule has 0 spiro atoms. The number of hydrogen-bond donors (Lipinski definition) is 2. The van der Waals surface area contributed by atoms with E-state index in [2.05, 4.69) is 5.32 Å². The molecule has 0 fully saturated rings. The zero-order valence-corrected chi connectivity index (χ0v) is 11.5. The van der Waals surface area contributed by atoms with Crippen LogP contribution < -0.4 is 10.0 Å². The number of halogens is 1. The zero-order valence-electron chi connectivity index (χ0n) is 8.53. The molecule has 88 valence electrons. The molecule has 1 rings (SSSR count). The van der Waals surface area contributed by atoms with Gasteiger partial charge in [-0.2, -0.15) is 0 Å². The summed E-state index contributed by atoms with van der Waals surface area (Å²) in [6.45, 7) is 2.08. The second-order valence-electron chi connectivity index (χ2n) is 2.90. The first-order chi connectivity index (χ1) is 7.47. The van der Waals surface area contributed by atoms with Crippen LogP contribution in [0.1, 0.15) is 6.92 Å². The first-order valence-electron chi connectivity index (χ1n) is 4.52. The van der Waals surface area contributed by atoms with Crippen LogP contribution in [-0.2, 0) is 10.0 Å². The Morgan fingerprint density at radius 2 is 2.00 bits per heavy atom. The van der Waals surface area contributed by atoms with Crippen molar-refractivity contribution in [2.24, 2.45) is 0 Å². The van der Waals surface area contributed by atoms with Gasteiger partial charge in [0, 0.05) is 10.1 Å². The van der Waals surface area contributed by atoms with E-state index >= 15 is 0 Å². The molecule has 7 heteroatoms. The molecule has 2 amide bonds. The third-order valence-electron chi connectivity index (χ3n) is 1.69. The number of urea groups is 1. The van der Waals surface area contributed by atoms with Crippen LogP contribution in [0.2, 0.25) is 0 Å². The van der Waals surface area contributed by atoms with Gasteiger partial charge in [0.25, 0.3) is 10.0 Å². The Labute approximate surface area is 108 Å². The predicted molar refractivity (Wildman–Crippen MR) is 68.6 cm³/mol. The zero-order chi connectivity index (χ0) is 12.2. The summed E-state index contributed by atoms with van der Waals surface area (Å²) in [7, 11) is -3.78. The Morgan fingerprint density at radius 3 is 2.56 bits per heavy atom. The number of rotatable bonds is 3. The highest BCUT2D eigenvalue weighted by Crippen LogP contribution is 2.16. The summed E-state index contributed by atoms with van der Waals surface area (Å²) >= 11 is 1.90. The van der Waals surface area contributed by atoms with E-state index in [0.29, 0.717) is 10.1 Å². The largest absolute Gasteiger partial charge is 0.338 e. The number of sulfonamides is 1. The number of benzene rings is 1. The molecule has 0 aromatic heterocycles. The fourth-order valence-corrected chi connectivity index (χ4v) is 3.30. The Balaban J connectivity index is 2.95. The van der Waals surface area contributed by atoms with E-state index in [0.717, 1.165) is 0 Å². The van der Waals surface area contributed by atoms with Gasteiger partial charge in [-0.1, -0.05) is 12.1 Å². The standard InChI is InChI=1S/C9H11IN2O3S/c1-2-11-9(13)12-16(14,15)8-6-4-3-5-7(8)10/h3-6H,2H2,1H3,(H2,11,12,13). The van der Waals surface area contributed by atoms with Gasteiger partial charge < -0.3 is 5.32 Å². The summed E-state index contributed by atoms with van der Waals surface area (Å²) in [5.41, 5.74) is 0. The highest BCUT2D eigenvalue weighted by atomic mass is 127. The van der Waals surface area contributed by atoms with Gasteiger partial charge in [0.15, 0.2) is 0 Å². The molecule has 0 atom stereocenters. The van der Waals surface area contributed by atoms with Gasteiger partial charge in [0.2, 0.25) is 0 Å². The maximum atomic E-state index is 11.8. The van der Waals surface area contributed by atoms with Crippen LogP contribution in [0.3, 0.4) is 0 Å². The van der Waals surface area contributed by atoms with Gasteiger partial charge in [-0.25, -0.2) is 17.9 Å². The Bertz CT molecular complexity index is 487. The first-order valence-corrected chi connectivity index (χ1v) is 7.08. The summed E-state index contributed by atoms with van der Waals surface area (Å²) in [5, 5.41) is 2.36. The molecule has 0 saturated heterocycles. The van der Waals surface area contributed by atoms with E-state index in [4.69, 9.17) is 0 Å². The molecule has 0 heterocycles. The van der Waals surface area contributed by atoms with Gasteiger partial charge in [0.05, 0.1) is 0 Å². The average molecular weight is 354 g/mol. The molecule has 1 aromatic rings. The van der Waals surface area contributed by atoms with Crippen molar-refractivity contribution in [3.63, 3.8) is 0 Å². The smallest absolute Gasteiger partial charge is 0.328 e. The molecule has 2 N–H and O–H groups in total. The van der Waals surface area contributed by atoms with Crippen molar-refractivity contribution in [3.05, 3.63) is 27.8 Å². The van der Waals surface area contributed by atoms with E-state index < -0.39 is 16.1 Å². The Hall–Kier alpha value is -0.830. The molecule has 0 aliphatic carbocycles. The third kappa shape index (κ3) is 3.34. The minimum absolute atomic E-state index is 0.0989. The van der Waals surface area contributed by atoms with Crippen LogP contribution in [0.15, 0.2) is 29.2 Å². The number of hydrogen-bond acceptors (Lipinski definition) is 3. The minimum Gasteiger partial charge on any atom is -0.338 e. The van der Waals surface area contributed by atoms with Gasteiger partial charge >= 0.3 is 6.03 Å². The summed E-state index contributed by atoms with van der Waals surface area (Å²) in [4.78, 5) is 11.2. The summed E-state index contributed by atoms with van der Waals surface area (Å²) in [5.74, 6) is 0. The number of carbonyl (C=O) groups is 1. The molecular weight excluding hydrogens is 343 g/mol.